The molecule has 106 valence electrons. The van der Waals surface area contributed by atoms with E-state index in [0.29, 0.717) is 30.6 Å². The first-order valence-corrected chi connectivity index (χ1v) is 6.97. The quantitative estimate of drug-likeness (QED) is 0.716. The summed E-state index contributed by atoms with van der Waals surface area (Å²) in [7, 11) is 1.56. The molecule has 0 fully saturated rings. The Balaban J connectivity index is 2.66. The summed E-state index contributed by atoms with van der Waals surface area (Å²) in [5.41, 5.74) is 0.459. The van der Waals surface area contributed by atoms with Crippen LogP contribution in [0.5, 0.6) is 0 Å². The first kappa shape index (κ1) is 16.0. The van der Waals surface area contributed by atoms with Crippen molar-refractivity contribution >= 4 is 21.8 Å². The Bertz CT molecular complexity index is 429. The van der Waals surface area contributed by atoms with Gasteiger partial charge in [-0.1, -0.05) is 22.0 Å². The largest absolute Gasteiger partial charge is 0.383 e. The van der Waals surface area contributed by atoms with Crippen molar-refractivity contribution in [3.05, 3.63) is 35.4 Å². The summed E-state index contributed by atoms with van der Waals surface area (Å²) in [6.07, 6.45) is 0.0495. The van der Waals surface area contributed by atoms with Gasteiger partial charge in [-0.2, -0.15) is 0 Å². The van der Waals surface area contributed by atoms with Crippen molar-refractivity contribution in [1.29, 1.82) is 0 Å². The second-order valence-corrected chi connectivity index (χ2v) is 4.78. The van der Waals surface area contributed by atoms with E-state index in [1.807, 2.05) is 0 Å². The second-order valence-electron chi connectivity index (χ2n) is 3.99. The average Bonchev–Trinajstić information content (AvgIpc) is 2.38. The smallest absolute Gasteiger partial charge is 0.227 e. The van der Waals surface area contributed by atoms with Gasteiger partial charge in [0.25, 0.3) is 0 Å². The van der Waals surface area contributed by atoms with Crippen molar-refractivity contribution in [1.82, 2.24) is 4.90 Å². The Morgan fingerprint density at radius 2 is 2.05 bits per heavy atom. The predicted molar refractivity (Wildman–Crippen MR) is 72.3 cm³/mol. The number of halogens is 3. The number of amides is 1. The van der Waals surface area contributed by atoms with Crippen LogP contribution in [-0.4, -0.2) is 42.9 Å². The Morgan fingerprint density at radius 3 is 2.63 bits per heavy atom. The number of hydrogen-bond donors (Lipinski definition) is 0. The maximum Gasteiger partial charge on any atom is 0.227 e. The topological polar surface area (TPSA) is 29.5 Å². The molecule has 0 aromatic heterocycles. The summed E-state index contributed by atoms with van der Waals surface area (Å²) in [6.45, 7) is 1.47. The van der Waals surface area contributed by atoms with Crippen molar-refractivity contribution in [2.75, 3.05) is 32.1 Å². The third kappa shape index (κ3) is 5.24. The standard InChI is InChI=1S/C13H16BrF2NO2/c1-19-7-6-17(5-4-14)13(18)9-10-2-3-11(15)12(16)8-10/h2-3,8H,4-7,9H2,1H3. The molecule has 19 heavy (non-hydrogen) atoms. The van der Waals surface area contributed by atoms with E-state index in [-0.39, 0.29) is 12.3 Å². The zero-order valence-electron chi connectivity index (χ0n) is 10.7. The molecule has 0 bridgehead atoms. The molecule has 0 saturated carbocycles. The lowest BCUT2D eigenvalue weighted by Gasteiger charge is -2.21. The monoisotopic (exact) mass is 335 g/mol. The molecule has 0 unspecified atom stereocenters. The molecule has 1 aromatic carbocycles. The van der Waals surface area contributed by atoms with Gasteiger partial charge in [0.2, 0.25) is 5.91 Å². The molecule has 0 radical (unpaired) electrons. The van der Waals surface area contributed by atoms with E-state index in [9.17, 15) is 13.6 Å². The van der Waals surface area contributed by atoms with Crippen LogP contribution in [0.15, 0.2) is 18.2 Å². The van der Waals surface area contributed by atoms with E-state index in [0.717, 1.165) is 12.1 Å². The maximum atomic E-state index is 13.1. The molecule has 1 rings (SSSR count). The number of nitrogens with zero attached hydrogens (tertiary/aromatic N) is 1. The Labute approximate surface area is 119 Å². The van der Waals surface area contributed by atoms with E-state index in [2.05, 4.69) is 15.9 Å². The summed E-state index contributed by atoms with van der Waals surface area (Å²) in [5.74, 6) is -1.98. The average molecular weight is 336 g/mol. The fourth-order valence-electron chi connectivity index (χ4n) is 1.60. The molecule has 3 nitrogen and oxygen atoms in total. The molecule has 1 aromatic rings. The van der Waals surface area contributed by atoms with Crippen LogP contribution in [0, 0.1) is 11.6 Å². The zero-order valence-corrected chi connectivity index (χ0v) is 12.3. The number of benzene rings is 1. The van der Waals surface area contributed by atoms with E-state index in [1.54, 1.807) is 12.0 Å². The van der Waals surface area contributed by atoms with Crippen LogP contribution >= 0.6 is 15.9 Å². The number of rotatable bonds is 7. The van der Waals surface area contributed by atoms with Crippen molar-refractivity contribution in [2.45, 2.75) is 6.42 Å². The van der Waals surface area contributed by atoms with Gasteiger partial charge < -0.3 is 9.64 Å². The molecule has 0 saturated heterocycles. The zero-order chi connectivity index (χ0) is 14.3. The summed E-state index contributed by atoms with van der Waals surface area (Å²) in [6, 6.07) is 3.50. The second kappa shape index (κ2) is 8.22. The highest BCUT2D eigenvalue weighted by Crippen LogP contribution is 2.10. The van der Waals surface area contributed by atoms with Crippen molar-refractivity contribution in [3.63, 3.8) is 0 Å². The van der Waals surface area contributed by atoms with Crippen molar-refractivity contribution in [3.8, 4) is 0 Å². The SMILES string of the molecule is COCCN(CCBr)C(=O)Cc1ccc(F)c(F)c1. The molecule has 0 spiro atoms. The Hall–Kier alpha value is -1.01. The van der Waals surface area contributed by atoms with Crippen LogP contribution in [0.2, 0.25) is 0 Å². The molecule has 0 aliphatic heterocycles. The van der Waals surface area contributed by atoms with Crippen LogP contribution < -0.4 is 0 Å². The lowest BCUT2D eigenvalue weighted by Crippen LogP contribution is -2.36. The highest BCUT2D eigenvalue weighted by atomic mass is 79.9. The number of alkyl halides is 1. The number of carbonyl (C=O) groups excluding carboxylic acids is 1. The fraction of sp³-hybridized carbons (Fsp3) is 0.462. The minimum Gasteiger partial charge on any atom is -0.383 e. The maximum absolute atomic E-state index is 13.1. The number of ether oxygens (including phenoxy) is 1. The molecule has 1 amide bonds. The van der Waals surface area contributed by atoms with Gasteiger partial charge in [-0.3, -0.25) is 4.79 Å². The summed E-state index contributed by atoms with van der Waals surface area (Å²) < 4.78 is 30.8. The van der Waals surface area contributed by atoms with Crippen molar-refractivity contribution in [2.24, 2.45) is 0 Å². The lowest BCUT2D eigenvalue weighted by molar-refractivity contribution is -0.130. The van der Waals surface area contributed by atoms with Crippen LogP contribution in [0.3, 0.4) is 0 Å². The molecule has 6 heteroatoms. The van der Waals surface area contributed by atoms with E-state index in [4.69, 9.17) is 4.74 Å². The molecule has 0 aliphatic rings. The van der Waals surface area contributed by atoms with Gasteiger partial charge >= 0.3 is 0 Å². The molecule has 0 atom stereocenters. The minimum absolute atomic E-state index is 0.0495. The highest BCUT2D eigenvalue weighted by Gasteiger charge is 2.14. The van der Waals surface area contributed by atoms with Crippen LogP contribution in [0.4, 0.5) is 8.78 Å². The predicted octanol–water partition coefficient (Wildman–Crippen LogP) is 2.38. The fourth-order valence-corrected chi connectivity index (χ4v) is 2.03. The first-order chi connectivity index (χ1) is 9.08. The normalized spacial score (nSPS) is 10.5. The van der Waals surface area contributed by atoms with Gasteiger partial charge in [-0.05, 0) is 17.7 Å². The van der Waals surface area contributed by atoms with Crippen LogP contribution in [0.1, 0.15) is 5.56 Å². The molecular weight excluding hydrogens is 320 g/mol. The number of methoxy groups -OCH3 is 1. The third-order valence-electron chi connectivity index (χ3n) is 2.61. The lowest BCUT2D eigenvalue weighted by atomic mass is 10.1. The highest BCUT2D eigenvalue weighted by molar-refractivity contribution is 9.09. The van der Waals surface area contributed by atoms with E-state index >= 15 is 0 Å². The summed E-state index contributed by atoms with van der Waals surface area (Å²) in [5, 5.41) is 0.653. The van der Waals surface area contributed by atoms with E-state index in [1.165, 1.54) is 6.07 Å². The van der Waals surface area contributed by atoms with Gasteiger partial charge in [0.1, 0.15) is 0 Å². The van der Waals surface area contributed by atoms with Gasteiger partial charge in [0.05, 0.1) is 13.0 Å². The first-order valence-electron chi connectivity index (χ1n) is 5.85. The number of carbonyl (C=O) groups is 1. The summed E-state index contributed by atoms with van der Waals surface area (Å²) >= 11 is 3.27. The van der Waals surface area contributed by atoms with Gasteiger partial charge in [-0.15, -0.1) is 0 Å². The third-order valence-corrected chi connectivity index (χ3v) is 2.97. The van der Waals surface area contributed by atoms with Crippen LogP contribution in [-0.2, 0) is 16.0 Å². The molecule has 0 aliphatic carbocycles. The minimum atomic E-state index is -0.936. The molecule has 0 N–H and O–H groups in total. The molecule has 0 heterocycles. The van der Waals surface area contributed by atoms with Gasteiger partial charge in [0, 0.05) is 25.5 Å². The Morgan fingerprint density at radius 1 is 1.32 bits per heavy atom. The van der Waals surface area contributed by atoms with Gasteiger partial charge in [-0.25, -0.2) is 8.78 Å². The molecular formula is C13H16BrF2NO2. The number of hydrogen-bond acceptors (Lipinski definition) is 2. The van der Waals surface area contributed by atoms with E-state index < -0.39 is 11.6 Å². The van der Waals surface area contributed by atoms with Crippen molar-refractivity contribution < 1.29 is 18.3 Å². The van der Waals surface area contributed by atoms with Gasteiger partial charge in [0.15, 0.2) is 11.6 Å². The van der Waals surface area contributed by atoms with Crippen LogP contribution in [0.25, 0.3) is 0 Å². The Kier molecular flexibility index (Phi) is 6.94. The summed E-state index contributed by atoms with van der Waals surface area (Å²) in [4.78, 5) is 13.7.